The van der Waals surface area contributed by atoms with Crippen LogP contribution in [0.3, 0.4) is 0 Å². The van der Waals surface area contributed by atoms with Gasteiger partial charge in [-0.3, -0.25) is 9.69 Å². The molecule has 2 aromatic rings. The van der Waals surface area contributed by atoms with E-state index < -0.39 is 5.91 Å². The molecule has 1 fully saturated rings. The van der Waals surface area contributed by atoms with Gasteiger partial charge in [-0.05, 0) is 36.2 Å². The maximum absolute atomic E-state index is 11.9. The summed E-state index contributed by atoms with van der Waals surface area (Å²) in [5.41, 5.74) is 8.19. The van der Waals surface area contributed by atoms with Gasteiger partial charge >= 0.3 is 0 Å². The first-order chi connectivity index (χ1) is 12.1. The summed E-state index contributed by atoms with van der Waals surface area (Å²) in [5, 5.41) is 3.35. The summed E-state index contributed by atoms with van der Waals surface area (Å²) in [6.07, 6.45) is 0. The summed E-state index contributed by atoms with van der Waals surface area (Å²) < 4.78 is 5.92. The Morgan fingerprint density at radius 3 is 2.60 bits per heavy atom. The number of carbonyl (C=O) groups is 1. The van der Waals surface area contributed by atoms with Crippen molar-refractivity contribution in [3.63, 3.8) is 0 Å². The van der Waals surface area contributed by atoms with Crippen molar-refractivity contribution in [3.05, 3.63) is 65.2 Å². The number of piperazine rings is 1. The first-order valence-electron chi connectivity index (χ1n) is 8.70. The monoisotopic (exact) mass is 339 g/mol. The van der Waals surface area contributed by atoms with Gasteiger partial charge in [0.25, 0.3) is 0 Å². The quantitative estimate of drug-likeness (QED) is 0.848. The highest BCUT2D eigenvalue weighted by molar-refractivity contribution is 5.94. The maximum atomic E-state index is 11.9. The fourth-order valence-corrected chi connectivity index (χ4v) is 3.21. The van der Waals surface area contributed by atoms with Gasteiger partial charge in [0.2, 0.25) is 5.91 Å². The molecular weight excluding hydrogens is 314 g/mol. The van der Waals surface area contributed by atoms with Crippen LogP contribution in [0.4, 0.5) is 0 Å². The molecule has 0 bridgehead atoms. The van der Waals surface area contributed by atoms with E-state index in [4.69, 9.17) is 10.5 Å². The lowest BCUT2D eigenvalue weighted by Crippen LogP contribution is -2.44. The number of amides is 1. The van der Waals surface area contributed by atoms with Gasteiger partial charge in [0.05, 0.1) is 0 Å². The van der Waals surface area contributed by atoms with E-state index in [1.54, 1.807) is 6.07 Å². The Kier molecular flexibility index (Phi) is 5.68. The second-order valence-corrected chi connectivity index (χ2v) is 6.35. The molecule has 3 rings (SSSR count). The Hall–Kier alpha value is -2.37. The van der Waals surface area contributed by atoms with Crippen molar-refractivity contribution in [3.8, 4) is 5.75 Å². The van der Waals surface area contributed by atoms with Gasteiger partial charge in [-0.25, -0.2) is 0 Å². The second kappa shape index (κ2) is 8.14. The Morgan fingerprint density at radius 1 is 1.20 bits per heavy atom. The SMILES string of the molecule is CC(c1cc(OCc2ccccc2)ccc1C(N)=O)N1CCNCC1. The summed E-state index contributed by atoms with van der Waals surface area (Å²) in [5.74, 6) is 0.359. The van der Waals surface area contributed by atoms with Gasteiger partial charge in [-0.2, -0.15) is 0 Å². The van der Waals surface area contributed by atoms with E-state index in [0.717, 1.165) is 43.1 Å². The number of rotatable bonds is 6. The van der Waals surface area contributed by atoms with Gasteiger partial charge in [0.15, 0.2) is 0 Å². The number of benzene rings is 2. The molecule has 1 heterocycles. The summed E-state index contributed by atoms with van der Waals surface area (Å²) in [4.78, 5) is 14.2. The molecule has 0 radical (unpaired) electrons. The Balaban J connectivity index is 1.80. The van der Waals surface area contributed by atoms with Crippen LogP contribution in [0.1, 0.15) is 34.5 Å². The first-order valence-corrected chi connectivity index (χ1v) is 8.70. The lowest BCUT2D eigenvalue weighted by Gasteiger charge is -2.33. The molecule has 25 heavy (non-hydrogen) atoms. The van der Waals surface area contributed by atoms with E-state index in [1.165, 1.54) is 0 Å². The average Bonchev–Trinajstić information content (AvgIpc) is 2.67. The minimum Gasteiger partial charge on any atom is -0.489 e. The maximum Gasteiger partial charge on any atom is 0.249 e. The average molecular weight is 339 g/mol. The predicted molar refractivity (Wildman–Crippen MR) is 98.6 cm³/mol. The number of nitrogens with two attached hydrogens (primary N) is 1. The highest BCUT2D eigenvalue weighted by Crippen LogP contribution is 2.28. The third-order valence-electron chi connectivity index (χ3n) is 4.69. The number of ether oxygens (including phenoxy) is 1. The van der Waals surface area contributed by atoms with Crippen LogP contribution in [-0.2, 0) is 6.61 Å². The number of carbonyl (C=O) groups excluding carboxylic acids is 1. The number of hydrogen-bond donors (Lipinski definition) is 2. The van der Waals surface area contributed by atoms with Crippen LogP contribution in [0.2, 0.25) is 0 Å². The summed E-state index contributed by atoms with van der Waals surface area (Å²) in [6, 6.07) is 15.7. The first kappa shape index (κ1) is 17.5. The van der Waals surface area contributed by atoms with Crippen LogP contribution >= 0.6 is 0 Å². The topological polar surface area (TPSA) is 67.6 Å². The largest absolute Gasteiger partial charge is 0.489 e. The van der Waals surface area contributed by atoms with Crippen LogP contribution in [0.25, 0.3) is 0 Å². The van der Waals surface area contributed by atoms with Crippen molar-refractivity contribution in [1.29, 1.82) is 0 Å². The van der Waals surface area contributed by atoms with E-state index in [1.807, 2.05) is 42.5 Å². The molecule has 3 N–H and O–H groups in total. The predicted octanol–water partition coefficient (Wildman–Crippen LogP) is 2.33. The Bertz CT molecular complexity index is 712. The molecule has 1 amide bonds. The Morgan fingerprint density at radius 2 is 1.92 bits per heavy atom. The normalized spacial score (nSPS) is 16.4. The number of hydrogen-bond acceptors (Lipinski definition) is 4. The zero-order chi connectivity index (χ0) is 17.6. The number of primary amides is 1. The zero-order valence-corrected chi connectivity index (χ0v) is 14.6. The van der Waals surface area contributed by atoms with E-state index >= 15 is 0 Å². The van der Waals surface area contributed by atoms with Crippen molar-refractivity contribution in [2.75, 3.05) is 26.2 Å². The van der Waals surface area contributed by atoms with E-state index in [9.17, 15) is 4.79 Å². The molecule has 5 nitrogen and oxygen atoms in total. The van der Waals surface area contributed by atoms with Gasteiger partial charge in [0.1, 0.15) is 12.4 Å². The minimum atomic E-state index is -0.397. The van der Waals surface area contributed by atoms with Crippen molar-refractivity contribution < 1.29 is 9.53 Å². The van der Waals surface area contributed by atoms with Crippen molar-refractivity contribution in [2.24, 2.45) is 5.73 Å². The lowest BCUT2D eigenvalue weighted by molar-refractivity contribution is 0.0995. The molecular formula is C20H25N3O2. The molecule has 132 valence electrons. The molecule has 0 aromatic heterocycles. The van der Waals surface area contributed by atoms with Crippen molar-refractivity contribution >= 4 is 5.91 Å². The highest BCUT2D eigenvalue weighted by atomic mass is 16.5. The van der Waals surface area contributed by atoms with Crippen LogP contribution in [0.15, 0.2) is 48.5 Å². The molecule has 1 aliphatic heterocycles. The van der Waals surface area contributed by atoms with Crippen molar-refractivity contribution in [2.45, 2.75) is 19.6 Å². The molecule has 5 heteroatoms. The van der Waals surface area contributed by atoms with Crippen LogP contribution < -0.4 is 15.8 Å². The van der Waals surface area contributed by atoms with Crippen molar-refractivity contribution in [1.82, 2.24) is 10.2 Å². The van der Waals surface area contributed by atoms with Gasteiger partial charge in [-0.15, -0.1) is 0 Å². The summed E-state index contributed by atoms with van der Waals surface area (Å²) in [7, 11) is 0. The summed E-state index contributed by atoms with van der Waals surface area (Å²) in [6.45, 7) is 6.44. The fourth-order valence-electron chi connectivity index (χ4n) is 3.21. The van der Waals surface area contributed by atoms with Gasteiger partial charge < -0.3 is 15.8 Å². The molecule has 0 aliphatic carbocycles. The van der Waals surface area contributed by atoms with Crippen LogP contribution in [-0.4, -0.2) is 37.0 Å². The molecule has 1 saturated heterocycles. The molecule has 1 atom stereocenters. The summed E-state index contributed by atoms with van der Waals surface area (Å²) >= 11 is 0. The Labute approximate surface area is 148 Å². The third kappa shape index (κ3) is 4.38. The molecule has 1 unspecified atom stereocenters. The molecule has 1 aliphatic rings. The van der Waals surface area contributed by atoms with E-state index in [0.29, 0.717) is 12.2 Å². The standard InChI is InChI=1S/C20H25N3O2/c1-15(23-11-9-22-10-12-23)19-13-17(7-8-18(19)20(21)24)25-14-16-5-3-2-4-6-16/h2-8,13,15,22H,9-12,14H2,1H3,(H2,21,24). The minimum absolute atomic E-state index is 0.116. The molecule has 0 saturated carbocycles. The number of nitrogens with zero attached hydrogens (tertiary/aromatic N) is 1. The highest BCUT2D eigenvalue weighted by Gasteiger charge is 2.22. The van der Waals surface area contributed by atoms with Gasteiger partial charge in [-0.1, -0.05) is 30.3 Å². The second-order valence-electron chi connectivity index (χ2n) is 6.35. The smallest absolute Gasteiger partial charge is 0.249 e. The fraction of sp³-hybridized carbons (Fsp3) is 0.350. The van der Waals surface area contributed by atoms with Crippen LogP contribution in [0, 0.1) is 0 Å². The van der Waals surface area contributed by atoms with Gasteiger partial charge in [0, 0.05) is 37.8 Å². The van der Waals surface area contributed by atoms with E-state index in [-0.39, 0.29) is 6.04 Å². The van der Waals surface area contributed by atoms with E-state index in [2.05, 4.69) is 17.1 Å². The molecule has 0 spiro atoms. The lowest BCUT2D eigenvalue weighted by atomic mass is 9.98. The number of nitrogens with one attached hydrogen (secondary N) is 1. The molecule has 2 aromatic carbocycles. The third-order valence-corrected chi connectivity index (χ3v) is 4.69. The zero-order valence-electron chi connectivity index (χ0n) is 14.6. The van der Waals surface area contributed by atoms with Crippen LogP contribution in [0.5, 0.6) is 5.75 Å².